The van der Waals surface area contributed by atoms with Gasteiger partial charge >= 0.3 is 0 Å². The molecule has 0 aliphatic carbocycles. The summed E-state index contributed by atoms with van der Waals surface area (Å²) in [5.74, 6) is 0.259. The summed E-state index contributed by atoms with van der Waals surface area (Å²) in [5, 5.41) is 1.17. The van der Waals surface area contributed by atoms with Crippen molar-refractivity contribution in [2.75, 3.05) is 13.1 Å². The average molecular weight is 284 g/mol. The van der Waals surface area contributed by atoms with E-state index in [1.54, 1.807) is 0 Å². The minimum atomic E-state index is -0.485. The Bertz CT molecular complexity index is 663. The molecule has 21 heavy (non-hydrogen) atoms. The van der Waals surface area contributed by atoms with Crippen LogP contribution in [0, 0.1) is 6.92 Å². The third kappa shape index (κ3) is 2.35. The van der Waals surface area contributed by atoms with Crippen molar-refractivity contribution in [3.8, 4) is 0 Å². The summed E-state index contributed by atoms with van der Waals surface area (Å²) in [7, 11) is 0. The summed E-state index contributed by atoms with van der Waals surface area (Å²) in [6, 6.07) is 8.26. The predicted molar refractivity (Wildman–Crippen MR) is 86.5 cm³/mol. The van der Waals surface area contributed by atoms with Gasteiger partial charge in [0.1, 0.15) is 0 Å². The quantitative estimate of drug-likeness (QED) is 0.895. The van der Waals surface area contributed by atoms with E-state index in [0.717, 1.165) is 42.7 Å². The Kier molecular flexibility index (Phi) is 3.52. The number of amides is 1. The summed E-state index contributed by atoms with van der Waals surface area (Å²) >= 11 is 0. The number of para-hydroxylation sites is 1. The highest BCUT2D eigenvalue weighted by atomic mass is 16.2. The fraction of sp³-hybridized carbons (Fsp3) is 0.500. The molecule has 1 amide bonds. The summed E-state index contributed by atoms with van der Waals surface area (Å²) < 4.78 is 0. The lowest BCUT2D eigenvalue weighted by Gasteiger charge is -2.34. The highest BCUT2D eigenvalue weighted by Crippen LogP contribution is 2.35. The second kappa shape index (κ2) is 5.21. The Morgan fingerprint density at radius 3 is 2.52 bits per heavy atom. The third-order valence-electron chi connectivity index (χ3n) is 4.70. The molecule has 0 unspecified atom stereocenters. The average Bonchev–Trinajstić information content (AvgIpc) is 2.83. The standard InChI is InChI=1S/C18H24N2O/c1-13-16(14-9-5-6-10-15(14)19-13)18(2,3)17(21)20-11-7-4-8-12-20/h5-6,9-10,19H,4,7-8,11-12H2,1-3H3. The number of carbonyl (C=O) groups is 1. The zero-order valence-electron chi connectivity index (χ0n) is 13.2. The van der Waals surface area contributed by atoms with Crippen LogP contribution in [0.5, 0.6) is 0 Å². The number of fused-ring (bicyclic) bond motifs is 1. The van der Waals surface area contributed by atoms with Crippen molar-refractivity contribution in [1.82, 2.24) is 9.88 Å². The number of hydrogen-bond acceptors (Lipinski definition) is 1. The number of carbonyl (C=O) groups excluding carboxylic acids is 1. The van der Waals surface area contributed by atoms with Crippen LogP contribution in [0.4, 0.5) is 0 Å². The number of likely N-dealkylation sites (tertiary alicyclic amines) is 1. The van der Waals surface area contributed by atoms with Crippen molar-refractivity contribution in [1.29, 1.82) is 0 Å². The molecule has 1 aromatic carbocycles. The fourth-order valence-corrected chi connectivity index (χ4v) is 3.68. The van der Waals surface area contributed by atoms with Crippen molar-refractivity contribution in [2.45, 2.75) is 45.4 Å². The number of aromatic amines is 1. The lowest BCUT2D eigenvalue weighted by molar-refractivity contribution is -0.137. The molecule has 0 bridgehead atoms. The Labute approximate surface area is 126 Å². The molecule has 3 rings (SSSR count). The lowest BCUT2D eigenvalue weighted by atomic mass is 9.81. The van der Waals surface area contributed by atoms with Crippen LogP contribution in [0.25, 0.3) is 10.9 Å². The molecule has 0 spiro atoms. The van der Waals surface area contributed by atoms with Gasteiger partial charge in [0.05, 0.1) is 5.41 Å². The van der Waals surface area contributed by atoms with Crippen LogP contribution < -0.4 is 0 Å². The Balaban J connectivity index is 2.03. The van der Waals surface area contributed by atoms with Gasteiger partial charge in [-0.2, -0.15) is 0 Å². The third-order valence-corrected chi connectivity index (χ3v) is 4.70. The van der Waals surface area contributed by atoms with Gasteiger partial charge in [0.15, 0.2) is 0 Å². The van der Waals surface area contributed by atoms with Crippen molar-refractivity contribution in [3.63, 3.8) is 0 Å². The lowest BCUT2D eigenvalue weighted by Crippen LogP contribution is -2.46. The maximum atomic E-state index is 13.0. The number of aromatic nitrogens is 1. The fourth-order valence-electron chi connectivity index (χ4n) is 3.68. The predicted octanol–water partition coefficient (Wildman–Crippen LogP) is 3.77. The van der Waals surface area contributed by atoms with Crippen LogP contribution >= 0.6 is 0 Å². The van der Waals surface area contributed by atoms with Gasteiger partial charge in [-0.1, -0.05) is 18.2 Å². The van der Waals surface area contributed by atoms with Crippen molar-refractivity contribution in [3.05, 3.63) is 35.5 Å². The molecule has 1 aliphatic rings. The largest absolute Gasteiger partial charge is 0.358 e. The molecule has 3 nitrogen and oxygen atoms in total. The number of rotatable bonds is 2. The van der Waals surface area contributed by atoms with E-state index < -0.39 is 5.41 Å². The van der Waals surface area contributed by atoms with Crippen LogP contribution in [0.2, 0.25) is 0 Å². The number of aryl methyl sites for hydroxylation is 1. The number of H-pyrrole nitrogens is 1. The molecule has 1 N–H and O–H groups in total. The molecule has 112 valence electrons. The molecular formula is C18H24N2O. The molecule has 0 saturated carbocycles. The maximum Gasteiger partial charge on any atom is 0.232 e. The summed E-state index contributed by atoms with van der Waals surface area (Å²) in [6.45, 7) is 8.01. The molecule has 3 heteroatoms. The molecule has 1 aromatic heterocycles. The van der Waals surface area contributed by atoms with Gasteiger partial charge in [-0.25, -0.2) is 0 Å². The number of benzene rings is 1. The second-order valence-corrected chi connectivity index (χ2v) is 6.65. The topological polar surface area (TPSA) is 36.1 Å². The van der Waals surface area contributed by atoms with E-state index in [0.29, 0.717) is 0 Å². The first-order chi connectivity index (χ1) is 10.0. The SMILES string of the molecule is Cc1[nH]c2ccccc2c1C(C)(C)C(=O)N1CCCCC1. The van der Waals surface area contributed by atoms with Gasteiger partial charge in [-0.05, 0) is 51.7 Å². The van der Waals surface area contributed by atoms with E-state index in [1.807, 2.05) is 17.0 Å². The van der Waals surface area contributed by atoms with Crippen LogP contribution in [-0.4, -0.2) is 28.9 Å². The molecule has 2 heterocycles. The van der Waals surface area contributed by atoms with E-state index in [2.05, 4.69) is 37.9 Å². The monoisotopic (exact) mass is 284 g/mol. The van der Waals surface area contributed by atoms with E-state index in [-0.39, 0.29) is 5.91 Å². The van der Waals surface area contributed by atoms with Gasteiger partial charge in [-0.15, -0.1) is 0 Å². The molecule has 1 aliphatic heterocycles. The Hall–Kier alpha value is -1.77. The number of nitrogens with one attached hydrogen (secondary N) is 1. The molecule has 1 saturated heterocycles. The van der Waals surface area contributed by atoms with Gasteiger partial charge in [0, 0.05) is 29.7 Å². The van der Waals surface area contributed by atoms with E-state index in [1.165, 1.54) is 11.8 Å². The smallest absolute Gasteiger partial charge is 0.232 e. The van der Waals surface area contributed by atoms with Gasteiger partial charge < -0.3 is 9.88 Å². The molecule has 1 fully saturated rings. The van der Waals surface area contributed by atoms with E-state index >= 15 is 0 Å². The number of hydrogen-bond donors (Lipinski definition) is 1. The number of piperidine rings is 1. The van der Waals surface area contributed by atoms with Gasteiger partial charge in [-0.3, -0.25) is 4.79 Å². The summed E-state index contributed by atoms with van der Waals surface area (Å²) in [6.07, 6.45) is 3.51. The van der Waals surface area contributed by atoms with Crippen LogP contribution in [-0.2, 0) is 10.2 Å². The molecule has 0 atom stereocenters. The molecular weight excluding hydrogens is 260 g/mol. The van der Waals surface area contributed by atoms with Crippen LogP contribution in [0.3, 0.4) is 0 Å². The molecule has 2 aromatic rings. The number of nitrogens with zero attached hydrogens (tertiary/aromatic N) is 1. The molecule has 0 radical (unpaired) electrons. The maximum absolute atomic E-state index is 13.0. The van der Waals surface area contributed by atoms with E-state index in [4.69, 9.17) is 0 Å². The zero-order chi connectivity index (χ0) is 15.0. The van der Waals surface area contributed by atoms with Crippen LogP contribution in [0.15, 0.2) is 24.3 Å². The van der Waals surface area contributed by atoms with Crippen molar-refractivity contribution >= 4 is 16.8 Å². The highest BCUT2D eigenvalue weighted by molar-refractivity contribution is 5.95. The Morgan fingerprint density at radius 2 is 1.81 bits per heavy atom. The highest BCUT2D eigenvalue weighted by Gasteiger charge is 2.37. The Morgan fingerprint density at radius 1 is 1.14 bits per heavy atom. The first kappa shape index (κ1) is 14.2. The minimum Gasteiger partial charge on any atom is -0.358 e. The zero-order valence-corrected chi connectivity index (χ0v) is 13.2. The first-order valence-corrected chi connectivity index (χ1v) is 7.89. The minimum absolute atomic E-state index is 0.259. The normalized spacial score (nSPS) is 16.4. The van der Waals surface area contributed by atoms with Crippen LogP contribution in [0.1, 0.15) is 44.4 Å². The van der Waals surface area contributed by atoms with Gasteiger partial charge in [0.25, 0.3) is 0 Å². The first-order valence-electron chi connectivity index (χ1n) is 7.89. The van der Waals surface area contributed by atoms with E-state index in [9.17, 15) is 4.79 Å². The van der Waals surface area contributed by atoms with Crippen molar-refractivity contribution in [2.24, 2.45) is 0 Å². The van der Waals surface area contributed by atoms with Gasteiger partial charge in [0.2, 0.25) is 5.91 Å². The summed E-state index contributed by atoms with van der Waals surface area (Å²) in [4.78, 5) is 18.5. The summed E-state index contributed by atoms with van der Waals surface area (Å²) in [5.41, 5.74) is 2.88. The second-order valence-electron chi connectivity index (χ2n) is 6.65. The van der Waals surface area contributed by atoms with Crippen molar-refractivity contribution < 1.29 is 4.79 Å².